The highest BCUT2D eigenvalue weighted by atomic mass is 79.9. The Morgan fingerprint density at radius 2 is 1.88 bits per heavy atom. The molecule has 2 aromatic carbocycles. The molecule has 0 atom stereocenters. The van der Waals surface area contributed by atoms with Crippen LogP contribution < -0.4 is 14.2 Å². The number of carbonyl (C=O) groups is 1. The highest BCUT2D eigenvalue weighted by Crippen LogP contribution is 2.35. The van der Waals surface area contributed by atoms with E-state index in [1.54, 1.807) is 18.2 Å². The number of carbonyl (C=O) groups excluding carboxylic acids is 1. The van der Waals surface area contributed by atoms with Crippen molar-refractivity contribution in [2.45, 2.75) is 6.61 Å². The van der Waals surface area contributed by atoms with Crippen molar-refractivity contribution in [2.75, 3.05) is 19.8 Å². The first-order chi connectivity index (χ1) is 12.5. The molecule has 0 aliphatic carbocycles. The first-order valence-corrected chi connectivity index (χ1v) is 8.44. The van der Waals surface area contributed by atoms with Gasteiger partial charge in [-0.1, -0.05) is 28.1 Å². The summed E-state index contributed by atoms with van der Waals surface area (Å²) < 4.78 is 22.0. The van der Waals surface area contributed by atoms with E-state index in [1.165, 1.54) is 18.2 Å². The lowest BCUT2D eigenvalue weighted by atomic mass is 10.2. The number of ether oxygens (including phenoxy) is 4. The average Bonchev–Trinajstić information content (AvgIpc) is 2.64. The van der Waals surface area contributed by atoms with E-state index < -0.39 is 17.5 Å². The SMILES string of the molecule is O=C(COc1ccccc1[N+](=O)[O-])OCc1cc2c(cc1Br)OCCO2. The summed E-state index contributed by atoms with van der Waals surface area (Å²) in [5.41, 5.74) is 0.489. The van der Waals surface area contributed by atoms with E-state index in [4.69, 9.17) is 18.9 Å². The van der Waals surface area contributed by atoms with Crippen molar-refractivity contribution < 1.29 is 28.7 Å². The van der Waals surface area contributed by atoms with Crippen LogP contribution in [0.15, 0.2) is 40.9 Å². The van der Waals surface area contributed by atoms with Crippen LogP contribution in [0.5, 0.6) is 17.2 Å². The van der Waals surface area contributed by atoms with Crippen molar-refractivity contribution in [3.05, 3.63) is 56.5 Å². The number of nitrogens with zero attached hydrogens (tertiary/aromatic N) is 1. The molecule has 3 rings (SSSR count). The van der Waals surface area contributed by atoms with Gasteiger partial charge in [0.25, 0.3) is 0 Å². The van der Waals surface area contributed by atoms with Gasteiger partial charge in [-0.05, 0) is 18.2 Å². The number of para-hydroxylation sites is 2. The van der Waals surface area contributed by atoms with E-state index in [9.17, 15) is 14.9 Å². The summed E-state index contributed by atoms with van der Waals surface area (Å²) in [4.78, 5) is 22.2. The summed E-state index contributed by atoms with van der Waals surface area (Å²) >= 11 is 3.39. The van der Waals surface area contributed by atoms with Crippen molar-refractivity contribution in [3.8, 4) is 17.2 Å². The third kappa shape index (κ3) is 4.23. The standard InChI is InChI=1S/C17H14BrNO7/c18-12-8-16-15(23-5-6-24-16)7-11(12)9-26-17(20)10-25-14-4-2-1-3-13(14)19(21)22/h1-4,7-8H,5-6,9-10H2. The minimum Gasteiger partial charge on any atom is -0.486 e. The molecular formula is C17H14BrNO7. The quantitative estimate of drug-likeness (QED) is 0.399. The van der Waals surface area contributed by atoms with E-state index in [2.05, 4.69) is 15.9 Å². The lowest BCUT2D eigenvalue weighted by Gasteiger charge is -2.19. The first-order valence-electron chi connectivity index (χ1n) is 7.64. The van der Waals surface area contributed by atoms with Gasteiger partial charge >= 0.3 is 11.7 Å². The molecule has 136 valence electrons. The number of halogens is 1. The maximum absolute atomic E-state index is 11.9. The Morgan fingerprint density at radius 1 is 1.19 bits per heavy atom. The van der Waals surface area contributed by atoms with E-state index in [0.29, 0.717) is 34.7 Å². The Bertz CT molecular complexity index is 840. The van der Waals surface area contributed by atoms with Crippen LogP contribution in [0.2, 0.25) is 0 Å². The second-order valence-corrected chi connectivity index (χ2v) is 6.12. The molecule has 0 radical (unpaired) electrons. The molecule has 0 amide bonds. The maximum atomic E-state index is 11.9. The van der Waals surface area contributed by atoms with Gasteiger partial charge in [0.1, 0.15) is 19.8 Å². The average molecular weight is 424 g/mol. The lowest BCUT2D eigenvalue weighted by molar-refractivity contribution is -0.385. The molecule has 1 aliphatic rings. The molecule has 26 heavy (non-hydrogen) atoms. The minimum atomic E-state index is -0.648. The summed E-state index contributed by atoms with van der Waals surface area (Å²) in [7, 11) is 0. The van der Waals surface area contributed by atoms with E-state index in [-0.39, 0.29) is 18.0 Å². The van der Waals surface area contributed by atoms with Crippen LogP contribution in [0.4, 0.5) is 5.69 Å². The number of benzene rings is 2. The molecule has 0 spiro atoms. The largest absolute Gasteiger partial charge is 0.486 e. The minimum absolute atomic E-state index is 0.00367. The fourth-order valence-electron chi connectivity index (χ4n) is 2.28. The van der Waals surface area contributed by atoms with Crippen LogP contribution in [0, 0.1) is 10.1 Å². The van der Waals surface area contributed by atoms with Gasteiger partial charge in [-0.25, -0.2) is 4.79 Å². The Kier molecular flexibility index (Phi) is 5.57. The number of esters is 1. The molecule has 2 aromatic rings. The van der Waals surface area contributed by atoms with Crippen LogP contribution >= 0.6 is 15.9 Å². The van der Waals surface area contributed by atoms with Gasteiger partial charge in [-0.2, -0.15) is 0 Å². The molecule has 1 aliphatic heterocycles. The number of hydrogen-bond donors (Lipinski definition) is 0. The Labute approximate surface area is 156 Å². The zero-order chi connectivity index (χ0) is 18.5. The second kappa shape index (κ2) is 8.05. The number of fused-ring (bicyclic) bond motifs is 1. The second-order valence-electron chi connectivity index (χ2n) is 5.26. The van der Waals surface area contributed by atoms with Crippen LogP contribution in [-0.4, -0.2) is 30.7 Å². The summed E-state index contributed by atoms with van der Waals surface area (Å²) in [6.07, 6.45) is 0. The Balaban J connectivity index is 1.57. The summed E-state index contributed by atoms with van der Waals surface area (Å²) in [5.74, 6) is 0.569. The van der Waals surface area contributed by atoms with Crippen LogP contribution in [0.25, 0.3) is 0 Å². The monoisotopic (exact) mass is 423 g/mol. The summed E-state index contributed by atoms with van der Waals surface area (Å²) in [6, 6.07) is 9.30. The van der Waals surface area contributed by atoms with Crippen molar-refractivity contribution in [3.63, 3.8) is 0 Å². The fourth-order valence-corrected chi connectivity index (χ4v) is 2.72. The Morgan fingerprint density at radius 3 is 2.62 bits per heavy atom. The molecule has 9 heteroatoms. The smallest absolute Gasteiger partial charge is 0.344 e. The van der Waals surface area contributed by atoms with Gasteiger partial charge < -0.3 is 18.9 Å². The molecule has 1 heterocycles. The summed E-state index contributed by atoms with van der Waals surface area (Å²) in [5, 5.41) is 10.9. The number of hydrogen-bond acceptors (Lipinski definition) is 7. The van der Waals surface area contributed by atoms with Gasteiger partial charge in [-0.3, -0.25) is 10.1 Å². The fraction of sp³-hybridized carbons (Fsp3) is 0.235. The molecule has 0 unspecified atom stereocenters. The van der Waals surface area contributed by atoms with Crippen LogP contribution in [0.1, 0.15) is 5.56 Å². The van der Waals surface area contributed by atoms with Crippen molar-refractivity contribution in [2.24, 2.45) is 0 Å². The molecule has 0 saturated carbocycles. The molecule has 0 bridgehead atoms. The predicted octanol–water partition coefficient (Wildman–Crippen LogP) is 3.25. The van der Waals surface area contributed by atoms with Gasteiger partial charge in [-0.15, -0.1) is 0 Å². The third-order valence-electron chi connectivity index (χ3n) is 3.51. The van der Waals surface area contributed by atoms with Crippen molar-refractivity contribution in [1.29, 1.82) is 0 Å². The normalized spacial score (nSPS) is 12.3. The topological polar surface area (TPSA) is 97.1 Å². The van der Waals surface area contributed by atoms with Gasteiger partial charge in [0, 0.05) is 16.1 Å². The van der Waals surface area contributed by atoms with Crippen LogP contribution in [0.3, 0.4) is 0 Å². The van der Waals surface area contributed by atoms with Gasteiger partial charge in [0.2, 0.25) is 0 Å². The molecule has 0 aromatic heterocycles. The number of nitro benzene ring substituents is 1. The van der Waals surface area contributed by atoms with Crippen LogP contribution in [-0.2, 0) is 16.1 Å². The summed E-state index contributed by atoms with van der Waals surface area (Å²) in [6.45, 7) is 0.498. The zero-order valence-electron chi connectivity index (χ0n) is 13.5. The number of nitro groups is 1. The Hall–Kier alpha value is -2.81. The molecule has 0 saturated heterocycles. The number of rotatable bonds is 6. The van der Waals surface area contributed by atoms with E-state index in [1.807, 2.05) is 0 Å². The molecular weight excluding hydrogens is 410 g/mol. The van der Waals surface area contributed by atoms with Gasteiger partial charge in [0.15, 0.2) is 23.9 Å². The first kappa shape index (κ1) is 18.0. The molecule has 0 N–H and O–H groups in total. The van der Waals surface area contributed by atoms with E-state index >= 15 is 0 Å². The third-order valence-corrected chi connectivity index (χ3v) is 4.25. The highest BCUT2D eigenvalue weighted by molar-refractivity contribution is 9.10. The van der Waals surface area contributed by atoms with Gasteiger partial charge in [0.05, 0.1) is 4.92 Å². The van der Waals surface area contributed by atoms with Crippen molar-refractivity contribution >= 4 is 27.6 Å². The zero-order valence-corrected chi connectivity index (χ0v) is 15.1. The lowest BCUT2D eigenvalue weighted by Crippen LogP contribution is -2.17. The predicted molar refractivity (Wildman–Crippen MR) is 93.5 cm³/mol. The van der Waals surface area contributed by atoms with Crippen molar-refractivity contribution in [1.82, 2.24) is 0 Å². The van der Waals surface area contributed by atoms with E-state index in [0.717, 1.165) is 0 Å². The molecule has 8 nitrogen and oxygen atoms in total. The maximum Gasteiger partial charge on any atom is 0.344 e. The molecule has 0 fully saturated rings. The highest BCUT2D eigenvalue weighted by Gasteiger charge is 2.17.